The zero-order valence-electron chi connectivity index (χ0n) is 8.49. The molecule has 1 unspecified atom stereocenters. The van der Waals surface area contributed by atoms with E-state index in [-0.39, 0.29) is 18.4 Å². The minimum absolute atomic E-state index is 0.101. The lowest BCUT2D eigenvalue weighted by molar-refractivity contribution is -0.146. The lowest BCUT2D eigenvalue weighted by Gasteiger charge is -2.13. The van der Waals surface area contributed by atoms with Crippen molar-refractivity contribution in [2.75, 3.05) is 6.54 Å². The highest BCUT2D eigenvalue weighted by molar-refractivity contribution is 5.79. The summed E-state index contributed by atoms with van der Waals surface area (Å²) in [5, 5.41) is 19.6. The van der Waals surface area contributed by atoms with Crippen molar-refractivity contribution in [3.8, 4) is 0 Å². The van der Waals surface area contributed by atoms with E-state index in [2.05, 4.69) is 5.32 Å². The normalized spacial score (nSPS) is 12.6. The van der Waals surface area contributed by atoms with Gasteiger partial charge in [-0.05, 0) is 12.8 Å². The van der Waals surface area contributed by atoms with Crippen LogP contribution in [-0.4, -0.2) is 34.7 Å². The van der Waals surface area contributed by atoms with Gasteiger partial charge < -0.3 is 15.5 Å². The van der Waals surface area contributed by atoms with Gasteiger partial charge in [0.1, 0.15) is 0 Å². The summed E-state index contributed by atoms with van der Waals surface area (Å²) in [6.07, 6.45) is -0.0925. The van der Waals surface area contributed by atoms with E-state index in [1.807, 2.05) is 13.8 Å². The summed E-state index contributed by atoms with van der Waals surface area (Å²) in [5.41, 5.74) is 0. The number of carbonyl (C=O) groups excluding carboxylic acids is 1. The number of hydrogen-bond acceptors (Lipinski definition) is 3. The molecule has 0 aromatic carbocycles. The molecule has 0 saturated carbocycles. The standard InChI is InChI=1S/C9H17NO4/c1-3-6(4-2)8(12)10-5-7(11)9(13)14/h6-7,11H,3-5H2,1-2H3,(H,10,12)(H,13,14). The Balaban J connectivity index is 3.89. The Bertz CT molecular complexity index is 201. The largest absolute Gasteiger partial charge is 0.479 e. The third-order valence-electron chi connectivity index (χ3n) is 2.11. The third-order valence-corrected chi connectivity index (χ3v) is 2.11. The second-order valence-electron chi connectivity index (χ2n) is 3.11. The summed E-state index contributed by atoms with van der Waals surface area (Å²) >= 11 is 0. The van der Waals surface area contributed by atoms with Crippen LogP contribution in [0.4, 0.5) is 0 Å². The van der Waals surface area contributed by atoms with E-state index in [9.17, 15) is 9.59 Å². The first-order valence-electron chi connectivity index (χ1n) is 4.71. The number of hydrogen-bond donors (Lipinski definition) is 3. The van der Waals surface area contributed by atoms with Gasteiger partial charge in [0, 0.05) is 5.92 Å². The molecule has 0 bridgehead atoms. The monoisotopic (exact) mass is 203 g/mol. The fourth-order valence-electron chi connectivity index (χ4n) is 1.09. The highest BCUT2D eigenvalue weighted by Crippen LogP contribution is 2.06. The number of rotatable bonds is 6. The third kappa shape index (κ3) is 4.23. The van der Waals surface area contributed by atoms with E-state index < -0.39 is 12.1 Å². The van der Waals surface area contributed by atoms with Gasteiger partial charge in [0.15, 0.2) is 6.10 Å². The summed E-state index contributed by atoms with van der Waals surface area (Å²) in [6.45, 7) is 3.55. The van der Waals surface area contributed by atoms with Gasteiger partial charge in [0.2, 0.25) is 5.91 Å². The zero-order chi connectivity index (χ0) is 11.1. The number of nitrogens with one attached hydrogen (secondary N) is 1. The Morgan fingerprint density at radius 2 is 1.79 bits per heavy atom. The summed E-state index contributed by atoms with van der Waals surface area (Å²) in [4.78, 5) is 21.5. The lowest BCUT2D eigenvalue weighted by Crippen LogP contribution is -2.39. The molecule has 0 aliphatic heterocycles. The maximum absolute atomic E-state index is 11.3. The van der Waals surface area contributed by atoms with Gasteiger partial charge in [-0.1, -0.05) is 13.8 Å². The molecule has 14 heavy (non-hydrogen) atoms. The van der Waals surface area contributed by atoms with Gasteiger partial charge in [-0.25, -0.2) is 4.79 Å². The van der Waals surface area contributed by atoms with Crippen LogP contribution in [0, 0.1) is 5.92 Å². The molecule has 0 fully saturated rings. The molecule has 0 aromatic heterocycles. The Morgan fingerprint density at radius 3 is 2.14 bits per heavy atom. The molecular weight excluding hydrogens is 186 g/mol. The molecule has 5 heteroatoms. The van der Waals surface area contributed by atoms with Gasteiger partial charge in [-0.15, -0.1) is 0 Å². The van der Waals surface area contributed by atoms with Crippen molar-refractivity contribution in [2.45, 2.75) is 32.8 Å². The van der Waals surface area contributed by atoms with Crippen LogP contribution in [0.25, 0.3) is 0 Å². The van der Waals surface area contributed by atoms with Crippen LogP contribution in [0.1, 0.15) is 26.7 Å². The molecule has 0 aromatic rings. The molecule has 0 aliphatic rings. The Kier molecular flexibility index (Phi) is 5.87. The topological polar surface area (TPSA) is 86.6 Å². The van der Waals surface area contributed by atoms with Gasteiger partial charge in [0.05, 0.1) is 6.54 Å². The van der Waals surface area contributed by atoms with E-state index in [0.717, 1.165) is 0 Å². The van der Waals surface area contributed by atoms with Crippen LogP contribution >= 0.6 is 0 Å². The second kappa shape index (κ2) is 6.37. The van der Waals surface area contributed by atoms with Crippen LogP contribution in [0.3, 0.4) is 0 Å². The predicted octanol–water partition coefficient (Wildman–Crippen LogP) is -0.0157. The SMILES string of the molecule is CCC(CC)C(=O)NCC(O)C(=O)O. The molecule has 5 nitrogen and oxygen atoms in total. The van der Waals surface area contributed by atoms with Crippen molar-refractivity contribution in [2.24, 2.45) is 5.92 Å². The summed E-state index contributed by atoms with van der Waals surface area (Å²) in [5.74, 6) is -1.62. The summed E-state index contributed by atoms with van der Waals surface area (Å²) < 4.78 is 0. The molecule has 82 valence electrons. The molecule has 0 spiro atoms. The average molecular weight is 203 g/mol. The van der Waals surface area contributed by atoms with Crippen LogP contribution in [0.5, 0.6) is 0 Å². The fourth-order valence-corrected chi connectivity index (χ4v) is 1.09. The first-order valence-corrected chi connectivity index (χ1v) is 4.71. The van der Waals surface area contributed by atoms with E-state index in [0.29, 0.717) is 12.8 Å². The van der Waals surface area contributed by atoms with Crippen molar-refractivity contribution in [1.29, 1.82) is 0 Å². The predicted molar refractivity (Wildman–Crippen MR) is 50.7 cm³/mol. The van der Waals surface area contributed by atoms with Crippen LogP contribution in [0.15, 0.2) is 0 Å². The van der Waals surface area contributed by atoms with E-state index in [1.54, 1.807) is 0 Å². The van der Waals surface area contributed by atoms with Crippen LogP contribution in [-0.2, 0) is 9.59 Å². The highest BCUT2D eigenvalue weighted by Gasteiger charge is 2.17. The fraction of sp³-hybridized carbons (Fsp3) is 0.778. The van der Waals surface area contributed by atoms with Crippen molar-refractivity contribution in [1.82, 2.24) is 5.32 Å². The second-order valence-corrected chi connectivity index (χ2v) is 3.11. The van der Waals surface area contributed by atoms with E-state index >= 15 is 0 Å². The van der Waals surface area contributed by atoms with Gasteiger partial charge in [0.25, 0.3) is 0 Å². The number of aliphatic hydroxyl groups is 1. The molecular formula is C9H17NO4. The molecule has 0 aliphatic carbocycles. The van der Waals surface area contributed by atoms with Crippen molar-refractivity contribution >= 4 is 11.9 Å². The number of amides is 1. The molecule has 1 atom stereocenters. The van der Waals surface area contributed by atoms with Crippen LogP contribution < -0.4 is 5.32 Å². The van der Waals surface area contributed by atoms with Crippen molar-refractivity contribution < 1.29 is 19.8 Å². The molecule has 1 amide bonds. The maximum atomic E-state index is 11.3. The number of carboxylic acids is 1. The minimum Gasteiger partial charge on any atom is -0.479 e. The smallest absolute Gasteiger partial charge is 0.334 e. The number of aliphatic carboxylic acids is 1. The number of carbonyl (C=O) groups is 2. The molecule has 0 radical (unpaired) electrons. The molecule has 0 saturated heterocycles. The molecule has 0 rings (SSSR count). The van der Waals surface area contributed by atoms with Gasteiger partial charge >= 0.3 is 5.97 Å². The van der Waals surface area contributed by atoms with Gasteiger partial charge in [-0.3, -0.25) is 4.79 Å². The maximum Gasteiger partial charge on any atom is 0.334 e. The summed E-state index contributed by atoms with van der Waals surface area (Å²) in [7, 11) is 0. The van der Waals surface area contributed by atoms with Gasteiger partial charge in [-0.2, -0.15) is 0 Å². The zero-order valence-corrected chi connectivity index (χ0v) is 8.49. The lowest BCUT2D eigenvalue weighted by atomic mass is 10.0. The molecule has 0 heterocycles. The Morgan fingerprint density at radius 1 is 1.29 bits per heavy atom. The van der Waals surface area contributed by atoms with Crippen molar-refractivity contribution in [3.05, 3.63) is 0 Å². The van der Waals surface area contributed by atoms with E-state index in [1.165, 1.54) is 0 Å². The first kappa shape index (κ1) is 12.9. The summed E-state index contributed by atoms with van der Waals surface area (Å²) in [6, 6.07) is 0. The Labute approximate surface area is 83.1 Å². The van der Waals surface area contributed by atoms with Crippen molar-refractivity contribution in [3.63, 3.8) is 0 Å². The molecule has 3 N–H and O–H groups in total. The number of aliphatic hydroxyl groups excluding tert-OH is 1. The first-order chi connectivity index (χ1) is 6.52. The average Bonchev–Trinajstić information content (AvgIpc) is 2.15. The highest BCUT2D eigenvalue weighted by atomic mass is 16.4. The van der Waals surface area contributed by atoms with E-state index in [4.69, 9.17) is 10.2 Å². The number of carboxylic acid groups (broad SMARTS) is 1. The Hall–Kier alpha value is -1.10. The van der Waals surface area contributed by atoms with Crippen LogP contribution in [0.2, 0.25) is 0 Å². The minimum atomic E-state index is -1.52. The quantitative estimate of drug-likeness (QED) is 0.566.